The molecule has 0 saturated carbocycles. The SMILES string of the molecule is O=C(NC1CCSCC1)N1CCOCC1. The summed E-state index contributed by atoms with van der Waals surface area (Å²) < 4.78 is 5.21. The van der Waals surface area contributed by atoms with Crippen LogP contribution in [0.2, 0.25) is 0 Å². The van der Waals surface area contributed by atoms with Crippen molar-refractivity contribution in [1.29, 1.82) is 0 Å². The third kappa shape index (κ3) is 3.28. The summed E-state index contributed by atoms with van der Waals surface area (Å²) in [6.45, 7) is 2.81. The number of carbonyl (C=O) groups excluding carboxylic acids is 1. The standard InChI is InChI=1S/C10H18N2O2S/c13-10(12-3-5-14-6-4-12)11-9-1-7-15-8-2-9/h9H,1-8H2,(H,11,13). The minimum absolute atomic E-state index is 0.0928. The molecule has 1 N–H and O–H groups in total. The van der Waals surface area contributed by atoms with Crippen LogP contribution in [0.15, 0.2) is 0 Å². The van der Waals surface area contributed by atoms with Gasteiger partial charge < -0.3 is 15.0 Å². The molecule has 5 heteroatoms. The van der Waals surface area contributed by atoms with Crippen molar-refractivity contribution >= 4 is 17.8 Å². The first kappa shape index (κ1) is 11.1. The van der Waals surface area contributed by atoms with Gasteiger partial charge in [0, 0.05) is 19.1 Å². The molecule has 0 aromatic rings. The maximum absolute atomic E-state index is 11.8. The Morgan fingerprint density at radius 2 is 1.93 bits per heavy atom. The largest absolute Gasteiger partial charge is 0.378 e. The van der Waals surface area contributed by atoms with E-state index in [2.05, 4.69) is 5.32 Å². The predicted molar refractivity (Wildman–Crippen MR) is 61.3 cm³/mol. The maximum atomic E-state index is 11.8. The number of rotatable bonds is 1. The number of morpholine rings is 1. The van der Waals surface area contributed by atoms with Gasteiger partial charge in [-0.05, 0) is 24.3 Å². The smallest absolute Gasteiger partial charge is 0.317 e. The molecular formula is C10H18N2O2S. The lowest BCUT2D eigenvalue weighted by Crippen LogP contribution is -2.49. The molecule has 2 amide bonds. The molecule has 2 rings (SSSR count). The highest BCUT2D eigenvalue weighted by atomic mass is 32.2. The summed E-state index contributed by atoms with van der Waals surface area (Å²) >= 11 is 1.98. The van der Waals surface area contributed by atoms with Crippen molar-refractivity contribution in [3.05, 3.63) is 0 Å². The fourth-order valence-corrected chi connectivity index (χ4v) is 2.98. The van der Waals surface area contributed by atoms with Crippen LogP contribution >= 0.6 is 11.8 Å². The second kappa shape index (κ2) is 5.61. The van der Waals surface area contributed by atoms with Crippen LogP contribution in [-0.4, -0.2) is 54.8 Å². The Morgan fingerprint density at radius 3 is 2.60 bits per heavy atom. The number of thioether (sulfide) groups is 1. The lowest BCUT2D eigenvalue weighted by Gasteiger charge is -2.30. The molecule has 0 bridgehead atoms. The molecule has 2 aliphatic rings. The van der Waals surface area contributed by atoms with Gasteiger partial charge in [-0.3, -0.25) is 0 Å². The van der Waals surface area contributed by atoms with E-state index < -0.39 is 0 Å². The summed E-state index contributed by atoms with van der Waals surface area (Å²) in [5, 5.41) is 3.11. The van der Waals surface area contributed by atoms with Crippen molar-refractivity contribution in [2.75, 3.05) is 37.8 Å². The number of carbonyl (C=O) groups is 1. The maximum Gasteiger partial charge on any atom is 0.317 e. The second-order valence-electron chi connectivity index (χ2n) is 3.94. The summed E-state index contributed by atoms with van der Waals surface area (Å²) in [7, 11) is 0. The van der Waals surface area contributed by atoms with Gasteiger partial charge in [-0.25, -0.2) is 4.79 Å². The van der Waals surface area contributed by atoms with E-state index in [9.17, 15) is 4.79 Å². The molecule has 4 nitrogen and oxygen atoms in total. The van der Waals surface area contributed by atoms with Crippen LogP contribution in [0.3, 0.4) is 0 Å². The van der Waals surface area contributed by atoms with Crippen LogP contribution in [0, 0.1) is 0 Å². The topological polar surface area (TPSA) is 41.6 Å². The molecule has 86 valence electrons. The fourth-order valence-electron chi connectivity index (χ4n) is 1.87. The number of urea groups is 1. The Bertz CT molecular complexity index is 213. The molecule has 0 radical (unpaired) electrons. The molecule has 0 aliphatic carbocycles. The van der Waals surface area contributed by atoms with Crippen molar-refractivity contribution in [2.45, 2.75) is 18.9 Å². The van der Waals surface area contributed by atoms with E-state index in [0.29, 0.717) is 19.3 Å². The molecule has 15 heavy (non-hydrogen) atoms. The molecule has 2 heterocycles. The van der Waals surface area contributed by atoms with Crippen molar-refractivity contribution in [2.24, 2.45) is 0 Å². The lowest BCUT2D eigenvalue weighted by atomic mass is 10.1. The van der Waals surface area contributed by atoms with E-state index in [0.717, 1.165) is 25.9 Å². The van der Waals surface area contributed by atoms with Gasteiger partial charge >= 0.3 is 6.03 Å². The van der Waals surface area contributed by atoms with Gasteiger partial charge in [0.2, 0.25) is 0 Å². The highest BCUT2D eigenvalue weighted by Crippen LogP contribution is 2.17. The Labute approximate surface area is 94.7 Å². The zero-order valence-electron chi connectivity index (χ0n) is 8.91. The monoisotopic (exact) mass is 230 g/mol. The Morgan fingerprint density at radius 1 is 1.27 bits per heavy atom. The second-order valence-corrected chi connectivity index (χ2v) is 5.16. The van der Waals surface area contributed by atoms with E-state index in [1.54, 1.807) is 0 Å². The zero-order chi connectivity index (χ0) is 10.5. The third-order valence-electron chi connectivity index (χ3n) is 2.85. The molecule has 2 aliphatic heterocycles. The summed E-state index contributed by atoms with van der Waals surface area (Å²) in [5.41, 5.74) is 0. The zero-order valence-corrected chi connectivity index (χ0v) is 9.72. The third-order valence-corrected chi connectivity index (χ3v) is 3.90. The highest BCUT2D eigenvalue weighted by molar-refractivity contribution is 7.99. The molecule has 0 atom stereocenters. The molecule has 0 unspecified atom stereocenters. The first-order valence-electron chi connectivity index (χ1n) is 5.57. The summed E-state index contributed by atoms with van der Waals surface area (Å²) in [6, 6.07) is 0.483. The van der Waals surface area contributed by atoms with Crippen LogP contribution in [0.25, 0.3) is 0 Å². The minimum atomic E-state index is 0.0928. The van der Waals surface area contributed by atoms with Crippen molar-refractivity contribution in [3.63, 3.8) is 0 Å². The van der Waals surface area contributed by atoms with Crippen molar-refractivity contribution < 1.29 is 9.53 Å². The predicted octanol–water partition coefficient (Wildman–Crippen LogP) is 0.924. The van der Waals surface area contributed by atoms with Crippen molar-refractivity contribution in [3.8, 4) is 0 Å². The van der Waals surface area contributed by atoms with E-state index in [-0.39, 0.29) is 6.03 Å². The number of nitrogens with one attached hydrogen (secondary N) is 1. The van der Waals surface area contributed by atoms with Gasteiger partial charge in [0.05, 0.1) is 13.2 Å². The summed E-state index contributed by atoms with van der Waals surface area (Å²) in [4.78, 5) is 13.7. The summed E-state index contributed by atoms with van der Waals surface area (Å²) in [6.07, 6.45) is 2.22. The van der Waals surface area contributed by atoms with Crippen LogP contribution in [0.1, 0.15) is 12.8 Å². The van der Waals surface area contributed by atoms with Gasteiger partial charge in [0.25, 0.3) is 0 Å². The molecule has 0 aromatic carbocycles. The van der Waals surface area contributed by atoms with E-state index in [1.165, 1.54) is 11.5 Å². The average Bonchev–Trinajstić information content (AvgIpc) is 2.31. The quantitative estimate of drug-likeness (QED) is 0.728. The lowest BCUT2D eigenvalue weighted by molar-refractivity contribution is 0.0524. The van der Waals surface area contributed by atoms with Gasteiger partial charge in [-0.2, -0.15) is 11.8 Å². The average molecular weight is 230 g/mol. The molecule has 0 aromatic heterocycles. The van der Waals surface area contributed by atoms with E-state index in [1.807, 2.05) is 16.7 Å². The minimum Gasteiger partial charge on any atom is -0.378 e. The number of hydrogen-bond acceptors (Lipinski definition) is 3. The molecule has 0 spiro atoms. The van der Waals surface area contributed by atoms with Crippen molar-refractivity contribution in [1.82, 2.24) is 10.2 Å². The number of amides is 2. The molecule has 2 saturated heterocycles. The fraction of sp³-hybridized carbons (Fsp3) is 0.900. The Hall–Kier alpha value is -0.420. The molecule has 2 fully saturated rings. The highest BCUT2D eigenvalue weighted by Gasteiger charge is 2.21. The number of hydrogen-bond donors (Lipinski definition) is 1. The van der Waals surface area contributed by atoms with Crippen LogP contribution in [0.5, 0.6) is 0 Å². The van der Waals surface area contributed by atoms with Gasteiger partial charge in [-0.1, -0.05) is 0 Å². The Kier molecular flexibility index (Phi) is 4.14. The molecular weight excluding hydrogens is 212 g/mol. The van der Waals surface area contributed by atoms with E-state index in [4.69, 9.17) is 4.74 Å². The first-order valence-corrected chi connectivity index (χ1v) is 6.72. The number of ether oxygens (including phenoxy) is 1. The first-order chi connectivity index (χ1) is 7.36. The van der Waals surface area contributed by atoms with Gasteiger partial charge in [0.15, 0.2) is 0 Å². The van der Waals surface area contributed by atoms with Gasteiger partial charge in [0.1, 0.15) is 0 Å². The number of nitrogens with zero attached hydrogens (tertiary/aromatic N) is 1. The van der Waals surface area contributed by atoms with Gasteiger partial charge in [-0.15, -0.1) is 0 Å². The Balaban J connectivity index is 1.74. The van der Waals surface area contributed by atoms with Crippen LogP contribution in [0.4, 0.5) is 4.79 Å². The van der Waals surface area contributed by atoms with Crippen LogP contribution < -0.4 is 5.32 Å². The van der Waals surface area contributed by atoms with Crippen LogP contribution in [-0.2, 0) is 4.74 Å². The van der Waals surface area contributed by atoms with E-state index >= 15 is 0 Å². The normalized spacial score (nSPS) is 23.9. The summed E-state index contributed by atoms with van der Waals surface area (Å²) in [5.74, 6) is 2.35.